The van der Waals surface area contributed by atoms with Crippen molar-refractivity contribution in [1.82, 2.24) is 20.6 Å². The number of aryl methyl sites for hydroxylation is 1. The number of nitrogens with one attached hydrogen (secondary N) is 3. The van der Waals surface area contributed by atoms with Crippen LogP contribution >= 0.6 is 0 Å². The zero-order valence-corrected chi connectivity index (χ0v) is 23.2. The van der Waals surface area contributed by atoms with Crippen molar-refractivity contribution in [1.29, 1.82) is 0 Å². The summed E-state index contributed by atoms with van der Waals surface area (Å²) in [7, 11) is 1.31. The minimum atomic E-state index is -0.815. The summed E-state index contributed by atoms with van der Waals surface area (Å²) in [5.74, 6) is 0.421. The van der Waals surface area contributed by atoms with Crippen molar-refractivity contribution >= 4 is 11.9 Å². The Hall–Kier alpha value is -4.27. The van der Waals surface area contributed by atoms with E-state index in [4.69, 9.17) is 9.47 Å². The molecule has 0 bridgehead atoms. The minimum Gasteiger partial charge on any atom is -0.453 e. The third-order valence-electron chi connectivity index (χ3n) is 7.62. The van der Waals surface area contributed by atoms with Crippen LogP contribution in [0.15, 0.2) is 97.3 Å². The molecular weight excluding hydrogens is 516 g/mol. The highest BCUT2D eigenvalue weighted by atomic mass is 16.5. The number of morpholine rings is 1. The molecule has 8 nitrogen and oxygen atoms in total. The Morgan fingerprint density at radius 3 is 2.22 bits per heavy atom. The van der Waals surface area contributed by atoms with Crippen LogP contribution in [-0.4, -0.2) is 54.3 Å². The highest BCUT2D eigenvalue weighted by molar-refractivity contribution is 5.90. The number of amides is 1. The molecule has 212 valence electrons. The fourth-order valence-electron chi connectivity index (χ4n) is 5.47. The number of benzene rings is 3. The van der Waals surface area contributed by atoms with Crippen molar-refractivity contribution in [3.63, 3.8) is 0 Å². The normalized spacial score (nSPS) is 17.6. The van der Waals surface area contributed by atoms with Gasteiger partial charge in [-0.15, -0.1) is 0 Å². The zero-order valence-electron chi connectivity index (χ0n) is 23.2. The first-order chi connectivity index (χ1) is 20.1. The molecule has 3 atom stereocenters. The van der Waals surface area contributed by atoms with Gasteiger partial charge < -0.3 is 25.1 Å². The lowest BCUT2D eigenvalue weighted by molar-refractivity contribution is -0.120. The van der Waals surface area contributed by atoms with Crippen molar-refractivity contribution < 1.29 is 19.1 Å². The van der Waals surface area contributed by atoms with Crippen LogP contribution in [0.25, 0.3) is 0 Å². The van der Waals surface area contributed by atoms with Crippen molar-refractivity contribution in [3.05, 3.63) is 125 Å². The predicted octanol–water partition coefficient (Wildman–Crippen LogP) is 4.74. The van der Waals surface area contributed by atoms with E-state index in [2.05, 4.69) is 26.7 Å². The molecule has 3 N–H and O–H groups in total. The second-order valence-corrected chi connectivity index (χ2v) is 10.3. The van der Waals surface area contributed by atoms with Crippen molar-refractivity contribution in [2.75, 3.05) is 20.3 Å². The number of carbonyl (C=O) groups excluding carboxylic acids is 2. The quantitative estimate of drug-likeness (QED) is 0.248. The summed E-state index contributed by atoms with van der Waals surface area (Å²) in [4.78, 5) is 34.0. The first kappa shape index (κ1) is 28.3. The number of H-pyrrole nitrogens is 1. The molecule has 1 aliphatic heterocycles. The van der Waals surface area contributed by atoms with E-state index in [-0.39, 0.29) is 30.3 Å². The molecule has 2 heterocycles. The average Bonchev–Trinajstić information content (AvgIpc) is 3.57. The van der Waals surface area contributed by atoms with Crippen molar-refractivity contribution in [3.8, 4) is 0 Å². The van der Waals surface area contributed by atoms with Crippen LogP contribution in [0.5, 0.6) is 0 Å². The maximum Gasteiger partial charge on any atom is 0.407 e. The van der Waals surface area contributed by atoms with E-state index in [1.807, 2.05) is 85.1 Å². The van der Waals surface area contributed by atoms with Crippen LogP contribution in [0.4, 0.5) is 4.79 Å². The molecule has 1 saturated heterocycles. The van der Waals surface area contributed by atoms with Crippen LogP contribution in [0.2, 0.25) is 0 Å². The molecular formula is C33H36N4O4. The number of ether oxygens (including phenoxy) is 2. The van der Waals surface area contributed by atoms with E-state index in [1.54, 1.807) is 6.20 Å². The number of imidazole rings is 1. The van der Waals surface area contributed by atoms with E-state index in [0.29, 0.717) is 6.61 Å². The third kappa shape index (κ3) is 7.28. The highest BCUT2D eigenvalue weighted by Crippen LogP contribution is 2.30. The minimum absolute atomic E-state index is 0.0626. The molecule has 0 unspecified atom stereocenters. The summed E-state index contributed by atoms with van der Waals surface area (Å²) in [5.41, 5.74) is 3.93. The van der Waals surface area contributed by atoms with E-state index >= 15 is 0 Å². The van der Waals surface area contributed by atoms with Crippen molar-refractivity contribution in [2.24, 2.45) is 0 Å². The van der Waals surface area contributed by atoms with E-state index in [0.717, 1.165) is 47.5 Å². The second kappa shape index (κ2) is 13.9. The maximum atomic E-state index is 14.0. The number of methoxy groups -OCH3 is 1. The molecule has 1 aromatic heterocycles. The van der Waals surface area contributed by atoms with Gasteiger partial charge >= 0.3 is 6.09 Å². The summed E-state index contributed by atoms with van der Waals surface area (Å²) in [6.45, 7) is 1.28. The predicted molar refractivity (Wildman–Crippen MR) is 157 cm³/mol. The SMILES string of the molecule is COC(=O)N[C@H](C(=O)Cc1ccccc1CC[C@@H]1CN[C@H](c2ncc[nH]2)CO1)C(c1ccccc1)c1ccccc1. The molecule has 0 radical (unpaired) electrons. The fraction of sp³-hybridized carbons (Fsp3) is 0.303. The lowest BCUT2D eigenvalue weighted by Gasteiger charge is -2.29. The van der Waals surface area contributed by atoms with Gasteiger partial charge in [-0.3, -0.25) is 4.79 Å². The van der Waals surface area contributed by atoms with E-state index in [9.17, 15) is 9.59 Å². The number of hydrogen-bond donors (Lipinski definition) is 3. The average molecular weight is 553 g/mol. The Kier molecular flexibility index (Phi) is 9.57. The Morgan fingerprint density at radius 2 is 1.63 bits per heavy atom. The van der Waals surface area contributed by atoms with Gasteiger partial charge in [0.05, 0.1) is 25.9 Å². The van der Waals surface area contributed by atoms with Crippen LogP contribution in [-0.2, 0) is 27.1 Å². The summed E-state index contributed by atoms with van der Waals surface area (Å²) in [6, 6.07) is 26.9. The molecule has 0 aliphatic carbocycles. The van der Waals surface area contributed by atoms with Gasteiger partial charge in [0, 0.05) is 31.3 Å². The number of ketones is 1. The van der Waals surface area contributed by atoms with Gasteiger partial charge in [0.25, 0.3) is 0 Å². The Morgan fingerprint density at radius 1 is 0.976 bits per heavy atom. The number of alkyl carbamates (subject to hydrolysis) is 1. The molecule has 41 heavy (non-hydrogen) atoms. The topological polar surface area (TPSA) is 105 Å². The molecule has 1 amide bonds. The zero-order chi connectivity index (χ0) is 28.4. The molecule has 8 heteroatoms. The van der Waals surface area contributed by atoms with Gasteiger partial charge in [-0.25, -0.2) is 9.78 Å². The molecule has 4 aromatic rings. The third-order valence-corrected chi connectivity index (χ3v) is 7.62. The first-order valence-corrected chi connectivity index (χ1v) is 14.0. The molecule has 0 saturated carbocycles. The monoisotopic (exact) mass is 552 g/mol. The van der Waals surface area contributed by atoms with Crippen LogP contribution in [0.3, 0.4) is 0 Å². The summed E-state index contributed by atoms with van der Waals surface area (Å²) < 4.78 is 11.1. The van der Waals surface area contributed by atoms with Crippen LogP contribution in [0.1, 0.15) is 46.5 Å². The number of hydrogen-bond acceptors (Lipinski definition) is 6. The van der Waals surface area contributed by atoms with E-state index in [1.165, 1.54) is 7.11 Å². The van der Waals surface area contributed by atoms with Gasteiger partial charge in [0.1, 0.15) is 11.9 Å². The smallest absolute Gasteiger partial charge is 0.407 e. The Labute approximate surface area is 240 Å². The number of aromatic amines is 1. The van der Waals surface area contributed by atoms with Gasteiger partial charge in [0.2, 0.25) is 0 Å². The van der Waals surface area contributed by atoms with Crippen molar-refractivity contribution in [2.45, 2.75) is 43.4 Å². The van der Waals surface area contributed by atoms with Gasteiger partial charge in [-0.1, -0.05) is 84.9 Å². The molecule has 1 fully saturated rings. The lowest BCUT2D eigenvalue weighted by atomic mass is 9.81. The Bertz CT molecular complexity index is 1350. The number of nitrogens with zero attached hydrogens (tertiary/aromatic N) is 1. The molecule has 1 aliphatic rings. The largest absolute Gasteiger partial charge is 0.453 e. The van der Waals surface area contributed by atoms with Gasteiger partial charge in [-0.2, -0.15) is 0 Å². The van der Waals surface area contributed by atoms with E-state index < -0.39 is 12.1 Å². The number of carbonyl (C=O) groups is 2. The molecule has 3 aromatic carbocycles. The Balaban J connectivity index is 1.31. The number of aromatic nitrogens is 2. The van der Waals surface area contributed by atoms with Gasteiger partial charge in [-0.05, 0) is 35.1 Å². The summed E-state index contributed by atoms with van der Waals surface area (Å²) in [5, 5.41) is 6.37. The summed E-state index contributed by atoms with van der Waals surface area (Å²) in [6.07, 6.45) is 4.78. The fourth-order valence-corrected chi connectivity index (χ4v) is 5.47. The molecule has 5 rings (SSSR count). The standard InChI is InChI=1S/C33H36N4O4/c1-40-33(39)37-31(30(24-11-4-2-5-12-24)25-13-6-3-7-14-25)29(38)20-26-15-9-8-10-23(26)16-17-27-21-36-28(22-41-27)32-34-18-19-35-32/h2-15,18-19,27-28,30-31,36H,16-17,20-22H2,1H3,(H,34,35)(H,37,39)/t27-,28+,31-/m1/s1. The van der Waals surface area contributed by atoms with Crippen LogP contribution in [0, 0.1) is 0 Å². The number of Topliss-reactive ketones (excluding diaryl/α,β-unsaturated/α-hetero) is 1. The highest BCUT2D eigenvalue weighted by Gasteiger charge is 2.33. The second-order valence-electron chi connectivity index (χ2n) is 10.3. The molecule has 0 spiro atoms. The maximum absolute atomic E-state index is 14.0. The lowest BCUT2D eigenvalue weighted by Crippen LogP contribution is -2.46. The number of rotatable bonds is 11. The summed E-state index contributed by atoms with van der Waals surface area (Å²) >= 11 is 0. The van der Waals surface area contributed by atoms with Crippen LogP contribution < -0.4 is 10.6 Å². The van der Waals surface area contributed by atoms with Gasteiger partial charge in [0.15, 0.2) is 5.78 Å². The first-order valence-electron chi connectivity index (χ1n) is 14.0.